The zero-order chi connectivity index (χ0) is 20.9. The summed E-state index contributed by atoms with van der Waals surface area (Å²) in [7, 11) is 0. The first-order chi connectivity index (χ1) is 14.6. The number of carbonyl (C=O) groups is 2. The molecule has 0 aliphatic carbocycles. The average Bonchev–Trinajstić information content (AvgIpc) is 2.82. The fourth-order valence-electron chi connectivity index (χ4n) is 3.66. The van der Waals surface area contributed by atoms with Crippen molar-refractivity contribution in [3.63, 3.8) is 0 Å². The number of aromatic nitrogens is 1. The molecule has 1 aliphatic rings. The number of carbonyl (C=O) groups excluding carboxylic acids is 2. The molecule has 1 aromatic heterocycles. The molecule has 3 aromatic rings. The molecular weight excluding hydrogens is 398 g/mol. The van der Waals surface area contributed by atoms with E-state index in [4.69, 9.17) is 11.6 Å². The zero-order valence-electron chi connectivity index (χ0n) is 16.5. The molecule has 0 saturated carbocycles. The molecule has 5 nitrogen and oxygen atoms in total. The van der Waals surface area contributed by atoms with Crippen LogP contribution in [0, 0.1) is 0 Å². The fourth-order valence-corrected chi connectivity index (χ4v) is 3.94. The van der Waals surface area contributed by atoms with Gasteiger partial charge in [0, 0.05) is 42.0 Å². The Morgan fingerprint density at radius 2 is 1.60 bits per heavy atom. The molecule has 1 fully saturated rings. The topological polar surface area (TPSA) is 62.3 Å². The summed E-state index contributed by atoms with van der Waals surface area (Å²) in [6.45, 7) is 1.31. The van der Waals surface area contributed by atoms with E-state index in [0.717, 1.165) is 30.0 Å². The van der Waals surface area contributed by atoms with Crippen molar-refractivity contribution in [2.75, 3.05) is 13.1 Å². The Labute approximate surface area is 180 Å². The van der Waals surface area contributed by atoms with Crippen molar-refractivity contribution in [1.29, 1.82) is 0 Å². The van der Waals surface area contributed by atoms with Crippen molar-refractivity contribution in [2.45, 2.75) is 19.3 Å². The molecule has 6 heteroatoms. The van der Waals surface area contributed by atoms with Crippen LogP contribution in [0.3, 0.4) is 0 Å². The molecule has 4 rings (SSSR count). The van der Waals surface area contributed by atoms with Crippen LogP contribution in [0.15, 0.2) is 72.7 Å². The standard InChI is InChI=1S/C24H22ClN3O2/c25-21(20-16-26-15-18-11-5-6-12-19(18)20)22(24(30)28-13-7-2-8-14-28)27-23(29)17-9-3-1-4-10-17/h1,3-6,9-12,15-16H,2,7-8,13-14H2,(H,27,29). The van der Waals surface area contributed by atoms with Crippen molar-refractivity contribution >= 4 is 39.2 Å². The molecule has 1 N–H and O–H groups in total. The highest BCUT2D eigenvalue weighted by Crippen LogP contribution is 2.30. The second-order valence-corrected chi connectivity index (χ2v) is 7.65. The number of likely N-dealkylation sites (tertiary alicyclic amines) is 1. The summed E-state index contributed by atoms with van der Waals surface area (Å²) in [5.41, 5.74) is 1.16. The van der Waals surface area contributed by atoms with Crippen LogP contribution in [0.25, 0.3) is 15.8 Å². The first kappa shape index (κ1) is 20.1. The lowest BCUT2D eigenvalue weighted by molar-refractivity contribution is -0.128. The molecule has 152 valence electrons. The highest BCUT2D eigenvalue weighted by molar-refractivity contribution is 6.52. The number of benzene rings is 2. The Balaban J connectivity index is 1.78. The van der Waals surface area contributed by atoms with Crippen LogP contribution in [-0.2, 0) is 4.79 Å². The van der Waals surface area contributed by atoms with Crippen molar-refractivity contribution in [3.05, 3.63) is 83.8 Å². The number of hydrogen-bond donors (Lipinski definition) is 1. The summed E-state index contributed by atoms with van der Waals surface area (Å²) in [5, 5.41) is 4.76. The Bertz CT molecular complexity index is 1100. The van der Waals surface area contributed by atoms with Gasteiger partial charge in [0.2, 0.25) is 0 Å². The number of hydrogen-bond acceptors (Lipinski definition) is 3. The Kier molecular flexibility index (Phi) is 6.10. The smallest absolute Gasteiger partial charge is 0.271 e. The number of pyridine rings is 1. The van der Waals surface area contributed by atoms with Crippen LogP contribution in [0.4, 0.5) is 0 Å². The first-order valence-electron chi connectivity index (χ1n) is 10.0. The van der Waals surface area contributed by atoms with Gasteiger partial charge in [-0.25, -0.2) is 0 Å². The van der Waals surface area contributed by atoms with Crippen molar-refractivity contribution in [1.82, 2.24) is 15.2 Å². The van der Waals surface area contributed by atoms with Crippen LogP contribution < -0.4 is 5.32 Å². The lowest BCUT2D eigenvalue weighted by Gasteiger charge is -2.28. The quantitative estimate of drug-likeness (QED) is 0.629. The molecule has 1 aliphatic heterocycles. The van der Waals surface area contributed by atoms with Gasteiger partial charge >= 0.3 is 0 Å². The van der Waals surface area contributed by atoms with Gasteiger partial charge in [0.05, 0.1) is 5.03 Å². The van der Waals surface area contributed by atoms with Gasteiger partial charge in [-0.05, 0) is 36.8 Å². The van der Waals surface area contributed by atoms with E-state index in [2.05, 4.69) is 10.3 Å². The number of rotatable bonds is 4. The molecule has 30 heavy (non-hydrogen) atoms. The maximum absolute atomic E-state index is 13.4. The van der Waals surface area contributed by atoms with Crippen molar-refractivity contribution in [2.24, 2.45) is 0 Å². The molecule has 2 amide bonds. The van der Waals surface area contributed by atoms with E-state index in [1.807, 2.05) is 30.3 Å². The number of amides is 2. The third-order valence-corrected chi connectivity index (χ3v) is 5.65. The summed E-state index contributed by atoms with van der Waals surface area (Å²) in [5.74, 6) is -0.640. The van der Waals surface area contributed by atoms with E-state index in [1.165, 1.54) is 0 Å². The first-order valence-corrected chi connectivity index (χ1v) is 10.4. The van der Waals surface area contributed by atoms with Crippen LogP contribution in [-0.4, -0.2) is 34.8 Å². The Hall–Kier alpha value is -3.18. The van der Waals surface area contributed by atoms with Crippen LogP contribution in [0.5, 0.6) is 0 Å². The molecule has 0 unspecified atom stereocenters. The molecular formula is C24H22ClN3O2. The maximum atomic E-state index is 13.4. The summed E-state index contributed by atoms with van der Waals surface area (Å²) < 4.78 is 0. The molecule has 2 aromatic carbocycles. The van der Waals surface area contributed by atoms with Gasteiger partial charge in [-0.2, -0.15) is 0 Å². The van der Waals surface area contributed by atoms with Crippen LogP contribution in [0.2, 0.25) is 0 Å². The monoisotopic (exact) mass is 419 g/mol. The number of fused-ring (bicyclic) bond motifs is 1. The third kappa shape index (κ3) is 4.21. The van der Waals surface area contributed by atoms with E-state index in [-0.39, 0.29) is 22.5 Å². The molecule has 1 saturated heterocycles. The summed E-state index contributed by atoms with van der Waals surface area (Å²) >= 11 is 6.77. The van der Waals surface area contributed by atoms with Gasteiger partial charge in [-0.1, -0.05) is 54.1 Å². The van der Waals surface area contributed by atoms with Crippen LogP contribution >= 0.6 is 11.6 Å². The number of nitrogens with one attached hydrogen (secondary N) is 1. The van der Waals surface area contributed by atoms with E-state index in [9.17, 15) is 9.59 Å². The minimum atomic E-state index is -0.373. The highest BCUT2D eigenvalue weighted by atomic mass is 35.5. The Morgan fingerprint density at radius 3 is 2.37 bits per heavy atom. The average molecular weight is 420 g/mol. The van der Waals surface area contributed by atoms with Crippen molar-refractivity contribution in [3.8, 4) is 0 Å². The van der Waals surface area contributed by atoms with Crippen molar-refractivity contribution < 1.29 is 9.59 Å². The summed E-state index contributed by atoms with van der Waals surface area (Å²) in [6.07, 6.45) is 6.36. The van der Waals surface area contributed by atoms with E-state index < -0.39 is 0 Å². The maximum Gasteiger partial charge on any atom is 0.271 e. The fraction of sp³-hybridized carbons (Fsp3) is 0.208. The van der Waals surface area contributed by atoms with Gasteiger partial charge in [0.15, 0.2) is 0 Å². The molecule has 0 radical (unpaired) electrons. The second kappa shape index (κ2) is 9.09. The minimum absolute atomic E-state index is 0.0885. The summed E-state index contributed by atoms with van der Waals surface area (Å²) in [4.78, 5) is 32.2. The van der Waals surface area contributed by atoms with E-state index in [0.29, 0.717) is 24.2 Å². The molecule has 0 spiro atoms. The van der Waals surface area contributed by atoms with Gasteiger partial charge in [0.1, 0.15) is 5.70 Å². The largest absolute Gasteiger partial charge is 0.337 e. The third-order valence-electron chi connectivity index (χ3n) is 5.26. The lowest BCUT2D eigenvalue weighted by Crippen LogP contribution is -2.41. The minimum Gasteiger partial charge on any atom is -0.337 e. The predicted octanol–water partition coefficient (Wildman–Crippen LogP) is 4.58. The molecule has 0 bridgehead atoms. The molecule has 2 heterocycles. The molecule has 0 atom stereocenters. The van der Waals surface area contributed by atoms with E-state index in [1.54, 1.807) is 41.6 Å². The number of nitrogens with zero attached hydrogens (tertiary/aromatic N) is 2. The Morgan fingerprint density at radius 1 is 0.900 bits per heavy atom. The number of halogens is 1. The highest BCUT2D eigenvalue weighted by Gasteiger charge is 2.26. The second-order valence-electron chi connectivity index (χ2n) is 7.27. The van der Waals surface area contributed by atoms with Gasteiger partial charge < -0.3 is 10.2 Å². The summed E-state index contributed by atoms with van der Waals surface area (Å²) in [6, 6.07) is 16.5. The van der Waals surface area contributed by atoms with Gasteiger partial charge in [-0.15, -0.1) is 0 Å². The van der Waals surface area contributed by atoms with Gasteiger partial charge in [-0.3, -0.25) is 14.6 Å². The SMILES string of the molecule is O=C(NC(C(=O)N1CCCCC1)=C(Cl)c1cncc2ccccc12)c1ccccc1. The zero-order valence-corrected chi connectivity index (χ0v) is 17.2. The predicted molar refractivity (Wildman–Crippen MR) is 119 cm³/mol. The number of piperidine rings is 1. The normalized spacial score (nSPS) is 14.9. The van der Waals surface area contributed by atoms with E-state index >= 15 is 0 Å². The van der Waals surface area contributed by atoms with Gasteiger partial charge in [0.25, 0.3) is 11.8 Å². The van der Waals surface area contributed by atoms with Crippen LogP contribution in [0.1, 0.15) is 35.2 Å². The lowest BCUT2D eigenvalue weighted by atomic mass is 10.1.